The van der Waals surface area contributed by atoms with Gasteiger partial charge in [0.1, 0.15) is 0 Å². The van der Waals surface area contributed by atoms with E-state index in [9.17, 15) is 18.0 Å². The Morgan fingerprint density at radius 1 is 1.06 bits per heavy atom. The first-order valence-corrected chi connectivity index (χ1v) is 11.6. The highest BCUT2D eigenvalue weighted by Crippen LogP contribution is 2.15. The molecule has 1 aromatic carbocycles. The van der Waals surface area contributed by atoms with E-state index in [1.165, 1.54) is 35.0 Å². The van der Waals surface area contributed by atoms with Gasteiger partial charge in [-0.1, -0.05) is 13.8 Å². The van der Waals surface area contributed by atoms with Gasteiger partial charge < -0.3 is 5.32 Å². The van der Waals surface area contributed by atoms with E-state index in [1.54, 1.807) is 24.6 Å². The van der Waals surface area contributed by atoms with Crippen LogP contribution in [0.15, 0.2) is 52.2 Å². The Labute approximate surface area is 186 Å². The maximum absolute atomic E-state index is 12.6. The number of benzene rings is 1. The monoisotopic (exact) mass is 458 g/mol. The van der Waals surface area contributed by atoms with Gasteiger partial charge in [0.2, 0.25) is 15.9 Å². The molecule has 0 fully saturated rings. The van der Waals surface area contributed by atoms with Gasteiger partial charge in [-0.25, -0.2) is 22.5 Å². The second kappa shape index (κ2) is 9.45. The molecule has 0 aliphatic carbocycles. The van der Waals surface area contributed by atoms with Crippen LogP contribution < -0.4 is 15.6 Å². The van der Waals surface area contributed by atoms with E-state index in [-0.39, 0.29) is 35.4 Å². The first-order valence-electron chi connectivity index (χ1n) is 10.1. The van der Waals surface area contributed by atoms with Crippen LogP contribution in [0.3, 0.4) is 0 Å². The molecule has 0 bridgehead atoms. The van der Waals surface area contributed by atoms with Crippen LogP contribution >= 0.6 is 0 Å². The fourth-order valence-electron chi connectivity index (χ4n) is 2.95. The summed E-state index contributed by atoms with van der Waals surface area (Å²) in [5.74, 6) is 0.133. The summed E-state index contributed by atoms with van der Waals surface area (Å²) >= 11 is 0. The number of anilines is 1. The fraction of sp³-hybridized carbons (Fsp3) is 0.333. The van der Waals surface area contributed by atoms with Crippen molar-refractivity contribution in [1.29, 1.82) is 0 Å². The lowest BCUT2D eigenvalue weighted by Gasteiger charge is -2.11. The quantitative estimate of drug-likeness (QED) is 0.528. The van der Waals surface area contributed by atoms with Gasteiger partial charge in [0, 0.05) is 29.9 Å². The Bertz CT molecular complexity index is 1280. The van der Waals surface area contributed by atoms with Gasteiger partial charge in [0.05, 0.1) is 17.1 Å². The van der Waals surface area contributed by atoms with Crippen LogP contribution in [0.5, 0.6) is 0 Å². The predicted octanol–water partition coefficient (Wildman–Crippen LogP) is 1.62. The maximum Gasteiger partial charge on any atom is 0.266 e. The van der Waals surface area contributed by atoms with Crippen LogP contribution in [-0.4, -0.2) is 40.4 Å². The van der Waals surface area contributed by atoms with Crippen molar-refractivity contribution >= 4 is 21.6 Å². The van der Waals surface area contributed by atoms with Crippen molar-refractivity contribution in [3.63, 3.8) is 0 Å². The minimum atomic E-state index is -3.79. The van der Waals surface area contributed by atoms with E-state index in [0.29, 0.717) is 11.5 Å². The zero-order chi connectivity index (χ0) is 23.5. The van der Waals surface area contributed by atoms with Crippen LogP contribution in [0.1, 0.15) is 25.2 Å². The molecule has 170 valence electrons. The average molecular weight is 459 g/mol. The van der Waals surface area contributed by atoms with Gasteiger partial charge in [0.25, 0.3) is 5.56 Å². The molecular formula is C21H26N6O4S. The van der Waals surface area contributed by atoms with E-state index in [1.807, 2.05) is 19.9 Å². The van der Waals surface area contributed by atoms with Crippen molar-refractivity contribution in [2.24, 2.45) is 5.92 Å². The van der Waals surface area contributed by atoms with Gasteiger partial charge in [0.15, 0.2) is 5.82 Å². The normalized spacial score (nSPS) is 11.7. The topological polar surface area (TPSA) is 128 Å². The average Bonchev–Trinajstić information content (AvgIpc) is 3.07. The zero-order valence-corrected chi connectivity index (χ0v) is 19.2. The number of aryl methyl sites for hydroxylation is 2. The predicted molar refractivity (Wildman–Crippen MR) is 120 cm³/mol. The first-order chi connectivity index (χ1) is 15.1. The van der Waals surface area contributed by atoms with Gasteiger partial charge >= 0.3 is 0 Å². The molecule has 3 rings (SSSR count). The number of hydrogen-bond donors (Lipinski definition) is 2. The van der Waals surface area contributed by atoms with Gasteiger partial charge in [-0.2, -0.15) is 5.10 Å². The maximum atomic E-state index is 12.6. The highest BCUT2D eigenvalue weighted by Gasteiger charge is 2.15. The molecule has 11 heteroatoms. The number of carbonyl (C=O) groups is 1. The number of carbonyl (C=O) groups excluding carboxylic acids is 1. The Balaban J connectivity index is 1.67. The SMILES string of the molecule is Cc1cc(C)n(-c2ccc(=O)n(CCNS(=O)(=O)c3ccc(NC(=O)C(C)C)cc3)n2)n1. The molecule has 0 radical (unpaired) electrons. The minimum absolute atomic E-state index is 0.0261. The number of aromatic nitrogens is 4. The highest BCUT2D eigenvalue weighted by molar-refractivity contribution is 7.89. The van der Waals surface area contributed by atoms with Crippen LogP contribution in [0.25, 0.3) is 5.82 Å². The van der Waals surface area contributed by atoms with Gasteiger partial charge in [-0.3, -0.25) is 9.59 Å². The third-order valence-corrected chi connectivity index (χ3v) is 6.13. The molecule has 0 spiro atoms. The van der Waals surface area contributed by atoms with Gasteiger partial charge in [-0.05, 0) is 50.2 Å². The Kier molecular flexibility index (Phi) is 6.90. The highest BCUT2D eigenvalue weighted by atomic mass is 32.2. The molecule has 3 aromatic rings. The van der Waals surface area contributed by atoms with Crippen LogP contribution in [0, 0.1) is 19.8 Å². The fourth-order valence-corrected chi connectivity index (χ4v) is 3.97. The molecule has 0 atom stereocenters. The third-order valence-electron chi connectivity index (χ3n) is 4.65. The molecule has 10 nitrogen and oxygen atoms in total. The zero-order valence-electron chi connectivity index (χ0n) is 18.4. The lowest BCUT2D eigenvalue weighted by atomic mass is 10.2. The summed E-state index contributed by atoms with van der Waals surface area (Å²) in [5, 5.41) is 11.3. The summed E-state index contributed by atoms with van der Waals surface area (Å²) in [6.07, 6.45) is 0. The Hall–Kier alpha value is -3.31. The second-order valence-corrected chi connectivity index (χ2v) is 9.42. The molecule has 1 amide bonds. The van der Waals surface area contributed by atoms with Crippen molar-refractivity contribution < 1.29 is 13.2 Å². The lowest BCUT2D eigenvalue weighted by Crippen LogP contribution is -2.32. The van der Waals surface area contributed by atoms with E-state index in [0.717, 1.165) is 11.4 Å². The summed E-state index contributed by atoms with van der Waals surface area (Å²) in [5.41, 5.74) is 1.86. The number of nitrogens with zero attached hydrogens (tertiary/aromatic N) is 4. The molecule has 0 unspecified atom stereocenters. The smallest absolute Gasteiger partial charge is 0.266 e. The number of amides is 1. The Morgan fingerprint density at radius 2 is 1.75 bits per heavy atom. The lowest BCUT2D eigenvalue weighted by molar-refractivity contribution is -0.118. The standard InChI is InChI=1S/C21H26N6O4S/c1-14(2)21(29)23-17-5-7-18(8-6-17)32(30,31)22-11-12-26-20(28)10-9-19(25-26)27-16(4)13-15(3)24-27/h5-10,13-14,22H,11-12H2,1-4H3,(H,23,29). The van der Waals surface area contributed by atoms with E-state index < -0.39 is 10.0 Å². The summed E-state index contributed by atoms with van der Waals surface area (Å²) in [6.45, 7) is 7.30. The number of rotatable bonds is 8. The molecule has 32 heavy (non-hydrogen) atoms. The van der Waals surface area contributed by atoms with E-state index in [4.69, 9.17) is 0 Å². The van der Waals surface area contributed by atoms with E-state index >= 15 is 0 Å². The van der Waals surface area contributed by atoms with Crippen LogP contribution in [0.2, 0.25) is 0 Å². The van der Waals surface area contributed by atoms with E-state index in [2.05, 4.69) is 20.2 Å². The molecule has 0 saturated carbocycles. The summed E-state index contributed by atoms with van der Waals surface area (Å²) in [4.78, 5) is 24.0. The largest absolute Gasteiger partial charge is 0.326 e. The van der Waals surface area contributed by atoms with Gasteiger partial charge in [-0.15, -0.1) is 5.10 Å². The molecule has 0 saturated heterocycles. The van der Waals surface area contributed by atoms with Crippen molar-refractivity contribution in [2.45, 2.75) is 39.1 Å². The van der Waals surface area contributed by atoms with Crippen molar-refractivity contribution in [2.75, 3.05) is 11.9 Å². The number of sulfonamides is 1. The third kappa shape index (κ3) is 5.48. The van der Waals surface area contributed by atoms with Crippen LogP contribution in [-0.2, 0) is 21.4 Å². The Morgan fingerprint density at radius 3 is 2.34 bits per heavy atom. The molecule has 2 aromatic heterocycles. The number of nitrogens with one attached hydrogen (secondary N) is 2. The van der Waals surface area contributed by atoms with Crippen molar-refractivity contribution in [3.8, 4) is 5.82 Å². The molecule has 2 heterocycles. The van der Waals surface area contributed by atoms with Crippen molar-refractivity contribution in [3.05, 3.63) is 64.2 Å². The molecule has 2 N–H and O–H groups in total. The minimum Gasteiger partial charge on any atom is -0.326 e. The number of hydrogen-bond acceptors (Lipinski definition) is 6. The summed E-state index contributed by atoms with van der Waals surface area (Å²) in [7, 11) is -3.79. The second-order valence-electron chi connectivity index (χ2n) is 7.66. The molecular weight excluding hydrogens is 432 g/mol. The molecule has 0 aliphatic rings. The first kappa shape index (κ1) is 23.4. The molecule has 0 aliphatic heterocycles. The van der Waals surface area contributed by atoms with Crippen LogP contribution in [0.4, 0.5) is 5.69 Å². The summed E-state index contributed by atoms with van der Waals surface area (Å²) in [6, 6.07) is 10.7. The summed E-state index contributed by atoms with van der Waals surface area (Å²) < 4.78 is 30.4. The van der Waals surface area contributed by atoms with Crippen molar-refractivity contribution in [1.82, 2.24) is 24.3 Å².